The molecule has 0 spiro atoms. The molecule has 1 saturated carbocycles. The summed E-state index contributed by atoms with van der Waals surface area (Å²) in [5.41, 5.74) is 2.14. The van der Waals surface area contributed by atoms with E-state index in [0.29, 0.717) is 40.3 Å². The highest BCUT2D eigenvalue weighted by Crippen LogP contribution is 2.45. The van der Waals surface area contributed by atoms with Crippen molar-refractivity contribution in [2.75, 3.05) is 18.9 Å². The van der Waals surface area contributed by atoms with E-state index in [1.807, 2.05) is 19.1 Å². The molecule has 2 unspecified atom stereocenters. The van der Waals surface area contributed by atoms with Gasteiger partial charge in [-0.05, 0) is 80.8 Å². The zero-order chi connectivity index (χ0) is 25.1. The van der Waals surface area contributed by atoms with E-state index in [9.17, 15) is 9.18 Å². The lowest BCUT2D eigenvalue weighted by atomic mass is 9.91. The maximum absolute atomic E-state index is 14.8. The monoisotopic (exact) mass is 538 g/mol. The van der Waals surface area contributed by atoms with Crippen molar-refractivity contribution in [1.29, 1.82) is 0 Å². The fourth-order valence-electron chi connectivity index (χ4n) is 4.88. The molecule has 0 bridgehead atoms. The Balaban J connectivity index is 1.45. The number of benzene rings is 2. The van der Waals surface area contributed by atoms with Gasteiger partial charge >= 0.3 is 0 Å². The van der Waals surface area contributed by atoms with Crippen LogP contribution in [0.5, 0.6) is 5.75 Å². The molecule has 1 amide bonds. The van der Waals surface area contributed by atoms with Crippen LogP contribution in [0.4, 0.5) is 4.39 Å². The number of ether oxygens (including phenoxy) is 1. The molecule has 2 aliphatic rings. The fraction of sp³-hybridized carbons (Fsp3) is 0.519. The third-order valence-corrected chi connectivity index (χ3v) is 8.09. The Morgan fingerprint density at radius 3 is 2.54 bits per heavy atom. The molecule has 1 aliphatic carbocycles. The minimum Gasteiger partial charge on any atom is -0.493 e. The lowest BCUT2D eigenvalue weighted by Crippen LogP contribution is -2.44. The Morgan fingerprint density at radius 2 is 1.89 bits per heavy atom. The number of nitrogens with one attached hydrogen (secondary N) is 1. The Hall–Kier alpha value is -1.47. The van der Waals surface area contributed by atoms with E-state index in [2.05, 4.69) is 23.5 Å². The third kappa shape index (κ3) is 6.65. The Kier molecular flexibility index (Phi) is 8.90. The Morgan fingerprint density at radius 1 is 1.17 bits per heavy atom. The maximum Gasteiger partial charge on any atom is 0.264 e. The van der Waals surface area contributed by atoms with Crippen LogP contribution >= 0.6 is 35.1 Å². The van der Waals surface area contributed by atoms with Crippen LogP contribution in [-0.2, 0) is 0 Å². The molecule has 1 N–H and O–H groups in total. The topological polar surface area (TPSA) is 41.6 Å². The zero-order valence-electron chi connectivity index (χ0n) is 20.5. The van der Waals surface area contributed by atoms with Crippen molar-refractivity contribution in [3.8, 4) is 5.75 Å². The summed E-state index contributed by atoms with van der Waals surface area (Å²) < 4.78 is 23.8. The number of nitrogens with zero attached hydrogens (tertiary/aromatic N) is 1. The summed E-state index contributed by atoms with van der Waals surface area (Å²) in [4.78, 5) is 14.9. The standard InChI is InChI=1S/C27H33Cl2FN2O2S/c1-4-35-31-27(33)24-12-23(19-7-8-19)26(13-25(24)30)34-15-18-6-5-16(2)32(14-18)17(3)20-9-21(28)11-22(29)10-20/h9-13,16-19H,4-8,14-15H2,1-3H3,(H,31,33)/t16-,17?,18?/m1/s1. The van der Waals surface area contributed by atoms with Gasteiger partial charge in [-0.25, -0.2) is 4.39 Å². The molecule has 2 fully saturated rings. The number of halogens is 3. The first kappa shape index (κ1) is 26.6. The summed E-state index contributed by atoms with van der Waals surface area (Å²) in [6.07, 6.45) is 4.20. The van der Waals surface area contributed by atoms with Crippen molar-refractivity contribution in [2.24, 2.45) is 5.92 Å². The van der Waals surface area contributed by atoms with Crippen LogP contribution in [0.25, 0.3) is 0 Å². The second-order valence-electron chi connectivity index (χ2n) is 9.69. The van der Waals surface area contributed by atoms with Gasteiger partial charge in [0.1, 0.15) is 11.6 Å². The number of rotatable bonds is 9. The highest BCUT2D eigenvalue weighted by Gasteiger charge is 2.32. The van der Waals surface area contributed by atoms with Crippen molar-refractivity contribution >= 4 is 41.1 Å². The highest BCUT2D eigenvalue weighted by atomic mass is 35.5. The summed E-state index contributed by atoms with van der Waals surface area (Å²) in [5, 5.41) is 1.29. The first-order valence-corrected chi connectivity index (χ1v) is 14.1. The predicted molar refractivity (Wildman–Crippen MR) is 143 cm³/mol. The lowest BCUT2D eigenvalue weighted by molar-refractivity contribution is 0.0584. The number of carbonyl (C=O) groups is 1. The van der Waals surface area contributed by atoms with E-state index in [1.165, 1.54) is 18.0 Å². The number of hydrogen-bond acceptors (Lipinski definition) is 4. The van der Waals surface area contributed by atoms with Gasteiger partial charge in [-0.3, -0.25) is 14.4 Å². The minimum absolute atomic E-state index is 0.0897. The van der Waals surface area contributed by atoms with Gasteiger partial charge in [0.25, 0.3) is 5.91 Å². The minimum atomic E-state index is -0.538. The molecule has 8 heteroatoms. The number of hydrogen-bond donors (Lipinski definition) is 1. The Bertz CT molecular complexity index is 1050. The van der Waals surface area contributed by atoms with E-state index in [-0.39, 0.29) is 11.6 Å². The number of piperidine rings is 1. The fourth-order valence-corrected chi connectivity index (χ4v) is 5.81. The molecule has 3 atom stereocenters. The number of carbonyl (C=O) groups excluding carboxylic acids is 1. The van der Waals surface area contributed by atoms with Crippen molar-refractivity contribution in [2.45, 2.75) is 64.5 Å². The second kappa shape index (κ2) is 11.7. The van der Waals surface area contributed by atoms with Gasteiger partial charge in [0.05, 0.1) is 12.2 Å². The van der Waals surface area contributed by atoms with Crippen LogP contribution < -0.4 is 9.46 Å². The average molecular weight is 540 g/mol. The molecule has 4 nitrogen and oxygen atoms in total. The molecule has 4 rings (SSSR count). The van der Waals surface area contributed by atoms with E-state index >= 15 is 0 Å². The van der Waals surface area contributed by atoms with E-state index in [1.54, 1.807) is 12.1 Å². The predicted octanol–water partition coefficient (Wildman–Crippen LogP) is 7.65. The van der Waals surface area contributed by atoms with Crippen molar-refractivity contribution in [1.82, 2.24) is 9.62 Å². The smallest absolute Gasteiger partial charge is 0.264 e. The molecule has 0 radical (unpaired) electrons. The van der Waals surface area contributed by atoms with Gasteiger partial charge in [-0.1, -0.05) is 42.1 Å². The van der Waals surface area contributed by atoms with E-state index in [0.717, 1.165) is 49.1 Å². The molecule has 2 aromatic rings. The Labute approximate surface area is 222 Å². The maximum atomic E-state index is 14.8. The molecule has 35 heavy (non-hydrogen) atoms. The lowest BCUT2D eigenvalue weighted by Gasteiger charge is -2.42. The molecule has 2 aromatic carbocycles. The molecule has 1 saturated heterocycles. The summed E-state index contributed by atoms with van der Waals surface area (Å²) in [7, 11) is 0. The summed E-state index contributed by atoms with van der Waals surface area (Å²) in [5.74, 6) is 1.03. The SMILES string of the molecule is CCSNC(=O)c1cc(C2CC2)c(OCC2CC[C@@H](C)N(C(C)c3cc(Cl)cc(Cl)c3)C2)cc1F. The first-order valence-electron chi connectivity index (χ1n) is 12.4. The number of likely N-dealkylation sites (tertiary alicyclic amines) is 1. The summed E-state index contributed by atoms with van der Waals surface area (Å²) >= 11 is 13.8. The molecule has 0 aromatic heterocycles. The second-order valence-corrected chi connectivity index (χ2v) is 11.6. The van der Waals surface area contributed by atoms with Crippen LogP contribution in [0.15, 0.2) is 30.3 Å². The molecular formula is C27H33Cl2FN2O2S. The average Bonchev–Trinajstić information content (AvgIpc) is 3.66. The van der Waals surface area contributed by atoms with Crippen LogP contribution in [0.2, 0.25) is 10.0 Å². The van der Waals surface area contributed by atoms with Gasteiger partial charge in [0.2, 0.25) is 0 Å². The van der Waals surface area contributed by atoms with Gasteiger partial charge < -0.3 is 4.74 Å². The van der Waals surface area contributed by atoms with Crippen molar-refractivity contribution in [3.63, 3.8) is 0 Å². The highest BCUT2D eigenvalue weighted by molar-refractivity contribution is 7.97. The van der Waals surface area contributed by atoms with E-state index < -0.39 is 11.7 Å². The van der Waals surface area contributed by atoms with Crippen LogP contribution in [-0.4, -0.2) is 35.8 Å². The quantitative estimate of drug-likeness (QED) is 0.333. The van der Waals surface area contributed by atoms with Crippen molar-refractivity contribution < 1.29 is 13.9 Å². The van der Waals surface area contributed by atoms with Crippen LogP contribution in [0.3, 0.4) is 0 Å². The van der Waals surface area contributed by atoms with Gasteiger partial charge in [-0.15, -0.1) is 0 Å². The number of amides is 1. The van der Waals surface area contributed by atoms with Gasteiger partial charge in [0, 0.05) is 46.4 Å². The van der Waals surface area contributed by atoms with Crippen LogP contribution in [0, 0.1) is 11.7 Å². The molecule has 1 aliphatic heterocycles. The zero-order valence-corrected chi connectivity index (χ0v) is 22.8. The largest absolute Gasteiger partial charge is 0.493 e. The normalized spacial score (nSPS) is 21.5. The molecule has 190 valence electrons. The van der Waals surface area contributed by atoms with Crippen molar-refractivity contribution in [3.05, 3.63) is 62.9 Å². The first-order chi connectivity index (χ1) is 16.8. The van der Waals surface area contributed by atoms with Crippen LogP contribution in [0.1, 0.15) is 79.9 Å². The summed E-state index contributed by atoms with van der Waals surface area (Å²) in [6, 6.07) is 9.40. The van der Waals surface area contributed by atoms with Gasteiger partial charge in [0.15, 0.2) is 0 Å². The molecular weight excluding hydrogens is 506 g/mol. The van der Waals surface area contributed by atoms with E-state index in [4.69, 9.17) is 27.9 Å². The third-order valence-electron chi connectivity index (χ3n) is 7.04. The van der Waals surface area contributed by atoms with Gasteiger partial charge in [-0.2, -0.15) is 0 Å². The molecule has 1 heterocycles. The summed E-state index contributed by atoms with van der Waals surface area (Å²) in [6.45, 7) is 7.76.